The molecule has 0 bridgehead atoms. The van der Waals surface area contributed by atoms with Crippen LogP contribution in [-0.4, -0.2) is 4.92 Å². The first-order valence-electron chi connectivity index (χ1n) is 6.96. The van der Waals surface area contributed by atoms with Gasteiger partial charge in [0.05, 0.1) is 4.92 Å². The van der Waals surface area contributed by atoms with Crippen LogP contribution in [0.5, 0.6) is 0 Å². The maximum Gasteiger partial charge on any atom is 0.274 e. The minimum absolute atomic E-state index is 0.0888. The average Bonchev–Trinajstić information content (AvgIpc) is 2.39. The molecule has 2 aromatic rings. The Labute approximate surface area is 125 Å². The average molecular weight is 284 g/mol. The van der Waals surface area contributed by atoms with Gasteiger partial charge in [-0.15, -0.1) is 0 Å². The highest BCUT2D eigenvalue weighted by Crippen LogP contribution is 2.26. The van der Waals surface area contributed by atoms with E-state index in [0.29, 0.717) is 5.56 Å². The predicted molar refractivity (Wildman–Crippen MR) is 85.8 cm³/mol. The van der Waals surface area contributed by atoms with Crippen LogP contribution in [-0.2, 0) is 0 Å². The van der Waals surface area contributed by atoms with Crippen LogP contribution in [0.15, 0.2) is 36.4 Å². The number of benzene rings is 2. The molecule has 2 aromatic carbocycles. The Morgan fingerprint density at radius 2 is 1.67 bits per heavy atom. The highest BCUT2D eigenvalue weighted by molar-refractivity contribution is 5.56. The molecule has 21 heavy (non-hydrogen) atoms. The molecule has 0 aliphatic rings. The Kier molecular flexibility index (Phi) is 4.26. The molecule has 0 saturated carbocycles. The molecule has 0 fully saturated rings. The summed E-state index contributed by atoms with van der Waals surface area (Å²) in [5.74, 6) is 0. The van der Waals surface area contributed by atoms with Crippen molar-refractivity contribution in [1.82, 2.24) is 0 Å². The van der Waals surface area contributed by atoms with Gasteiger partial charge < -0.3 is 5.32 Å². The fraction of sp³-hybridized carbons (Fsp3) is 0.294. The molecule has 1 N–H and O–H groups in total. The second-order valence-corrected chi connectivity index (χ2v) is 5.55. The summed E-state index contributed by atoms with van der Waals surface area (Å²) in [4.78, 5) is 10.7. The Hall–Kier alpha value is -2.36. The monoisotopic (exact) mass is 284 g/mol. The van der Waals surface area contributed by atoms with Gasteiger partial charge in [-0.3, -0.25) is 10.1 Å². The summed E-state index contributed by atoms with van der Waals surface area (Å²) >= 11 is 0. The number of hydrogen-bond donors (Lipinski definition) is 1. The van der Waals surface area contributed by atoms with Crippen LogP contribution in [0.4, 0.5) is 11.4 Å². The zero-order chi connectivity index (χ0) is 15.6. The van der Waals surface area contributed by atoms with E-state index in [1.165, 1.54) is 16.7 Å². The van der Waals surface area contributed by atoms with Crippen LogP contribution >= 0.6 is 0 Å². The largest absolute Gasteiger partial charge is 0.378 e. The van der Waals surface area contributed by atoms with Gasteiger partial charge in [0, 0.05) is 23.4 Å². The Bertz CT molecular complexity index is 660. The van der Waals surface area contributed by atoms with Gasteiger partial charge in [-0.2, -0.15) is 0 Å². The number of nitro benzene ring substituents is 1. The van der Waals surface area contributed by atoms with E-state index >= 15 is 0 Å². The molecule has 0 aliphatic heterocycles. The lowest BCUT2D eigenvalue weighted by molar-refractivity contribution is -0.385. The van der Waals surface area contributed by atoms with Crippen molar-refractivity contribution < 1.29 is 4.92 Å². The number of rotatable bonds is 4. The summed E-state index contributed by atoms with van der Waals surface area (Å²) in [5.41, 5.74) is 5.19. The third-order valence-corrected chi connectivity index (χ3v) is 3.53. The first-order valence-corrected chi connectivity index (χ1v) is 6.96. The van der Waals surface area contributed by atoms with E-state index in [1.54, 1.807) is 19.1 Å². The molecule has 0 heterocycles. The van der Waals surface area contributed by atoms with Gasteiger partial charge in [0.2, 0.25) is 0 Å². The summed E-state index contributed by atoms with van der Waals surface area (Å²) in [7, 11) is 0. The molecule has 2 rings (SSSR count). The van der Waals surface area contributed by atoms with Crippen molar-refractivity contribution in [3.05, 3.63) is 68.8 Å². The molecule has 0 radical (unpaired) electrons. The van der Waals surface area contributed by atoms with E-state index in [9.17, 15) is 10.1 Å². The van der Waals surface area contributed by atoms with Gasteiger partial charge >= 0.3 is 0 Å². The normalized spacial score (nSPS) is 12.0. The van der Waals surface area contributed by atoms with E-state index < -0.39 is 0 Å². The maximum atomic E-state index is 11.0. The van der Waals surface area contributed by atoms with Crippen LogP contribution in [0.3, 0.4) is 0 Å². The summed E-state index contributed by atoms with van der Waals surface area (Å²) in [5, 5.41) is 14.3. The van der Waals surface area contributed by atoms with Crippen molar-refractivity contribution in [2.45, 2.75) is 33.7 Å². The molecular weight excluding hydrogens is 264 g/mol. The molecule has 0 aliphatic carbocycles. The zero-order valence-electron chi connectivity index (χ0n) is 12.8. The molecular formula is C17H20N2O2. The summed E-state index contributed by atoms with van der Waals surface area (Å²) in [6.45, 7) is 7.94. The van der Waals surface area contributed by atoms with Crippen molar-refractivity contribution in [2.75, 3.05) is 5.32 Å². The van der Waals surface area contributed by atoms with E-state index in [2.05, 4.69) is 44.3 Å². The van der Waals surface area contributed by atoms with Gasteiger partial charge in [0.25, 0.3) is 5.69 Å². The molecule has 1 atom stereocenters. The Morgan fingerprint density at radius 1 is 1.05 bits per heavy atom. The summed E-state index contributed by atoms with van der Waals surface area (Å²) < 4.78 is 0. The smallest absolute Gasteiger partial charge is 0.274 e. The molecule has 4 nitrogen and oxygen atoms in total. The van der Waals surface area contributed by atoms with Crippen molar-refractivity contribution in [3.8, 4) is 0 Å². The van der Waals surface area contributed by atoms with Crippen molar-refractivity contribution in [1.29, 1.82) is 0 Å². The van der Waals surface area contributed by atoms with Crippen LogP contribution in [0, 0.1) is 30.9 Å². The molecule has 110 valence electrons. The second kappa shape index (κ2) is 5.95. The lowest BCUT2D eigenvalue weighted by Gasteiger charge is -2.17. The second-order valence-electron chi connectivity index (χ2n) is 5.55. The predicted octanol–water partition coefficient (Wildman–Crippen LogP) is 4.69. The Morgan fingerprint density at radius 3 is 2.24 bits per heavy atom. The third kappa shape index (κ3) is 3.60. The number of nitro groups is 1. The van der Waals surface area contributed by atoms with Crippen molar-refractivity contribution >= 4 is 11.4 Å². The number of nitrogens with one attached hydrogen (secondary N) is 1. The SMILES string of the molecule is Cc1cc(C)cc(C(C)Nc2ccc(C)c([N+](=O)[O-])c2)c1. The lowest BCUT2D eigenvalue weighted by Crippen LogP contribution is -2.07. The number of anilines is 1. The molecule has 0 amide bonds. The molecule has 4 heteroatoms. The van der Waals surface area contributed by atoms with E-state index in [-0.39, 0.29) is 16.7 Å². The van der Waals surface area contributed by atoms with Crippen LogP contribution in [0.1, 0.15) is 35.2 Å². The number of aryl methyl sites for hydroxylation is 3. The zero-order valence-corrected chi connectivity index (χ0v) is 12.8. The fourth-order valence-electron chi connectivity index (χ4n) is 2.49. The van der Waals surface area contributed by atoms with Gasteiger partial charge in [-0.1, -0.05) is 35.4 Å². The molecule has 0 saturated heterocycles. The first kappa shape index (κ1) is 15.0. The maximum absolute atomic E-state index is 11.0. The van der Waals surface area contributed by atoms with E-state index in [4.69, 9.17) is 0 Å². The highest BCUT2D eigenvalue weighted by Gasteiger charge is 2.13. The molecule has 0 aromatic heterocycles. The van der Waals surface area contributed by atoms with Crippen molar-refractivity contribution in [2.24, 2.45) is 0 Å². The highest BCUT2D eigenvalue weighted by atomic mass is 16.6. The topological polar surface area (TPSA) is 55.2 Å². The van der Waals surface area contributed by atoms with Gasteiger partial charge in [0.1, 0.15) is 0 Å². The van der Waals surface area contributed by atoms with Gasteiger partial charge in [0.15, 0.2) is 0 Å². The summed E-state index contributed by atoms with van der Waals surface area (Å²) in [6, 6.07) is 11.7. The third-order valence-electron chi connectivity index (χ3n) is 3.53. The molecule has 0 spiro atoms. The van der Waals surface area contributed by atoms with Crippen molar-refractivity contribution in [3.63, 3.8) is 0 Å². The summed E-state index contributed by atoms with van der Waals surface area (Å²) in [6.07, 6.45) is 0. The van der Waals surface area contributed by atoms with Crippen LogP contribution in [0.25, 0.3) is 0 Å². The fourth-order valence-corrected chi connectivity index (χ4v) is 2.49. The van der Waals surface area contributed by atoms with Crippen LogP contribution in [0.2, 0.25) is 0 Å². The lowest BCUT2D eigenvalue weighted by atomic mass is 10.0. The Balaban J connectivity index is 2.25. The number of hydrogen-bond acceptors (Lipinski definition) is 3. The van der Waals surface area contributed by atoms with Gasteiger partial charge in [-0.05, 0) is 39.3 Å². The van der Waals surface area contributed by atoms with Crippen LogP contribution < -0.4 is 5.32 Å². The van der Waals surface area contributed by atoms with Gasteiger partial charge in [-0.25, -0.2) is 0 Å². The standard InChI is InChI=1S/C17H20N2O2/c1-11-7-12(2)9-15(8-11)14(4)18-16-6-5-13(3)17(10-16)19(20)21/h5-10,14,18H,1-4H3. The minimum atomic E-state index is -0.345. The van der Waals surface area contributed by atoms with E-state index in [1.807, 2.05) is 6.07 Å². The number of nitrogens with zero attached hydrogens (tertiary/aromatic N) is 1. The first-order chi connectivity index (χ1) is 9.86. The minimum Gasteiger partial charge on any atom is -0.378 e. The quantitative estimate of drug-likeness (QED) is 0.654. The molecule has 1 unspecified atom stereocenters. The van der Waals surface area contributed by atoms with E-state index in [0.717, 1.165) is 5.69 Å².